The fourth-order valence-electron chi connectivity index (χ4n) is 3.13. The van der Waals surface area contributed by atoms with Gasteiger partial charge in [-0.25, -0.2) is 23.8 Å². The van der Waals surface area contributed by atoms with Crippen molar-refractivity contribution in [3.05, 3.63) is 63.9 Å². The van der Waals surface area contributed by atoms with E-state index in [1.165, 1.54) is 23.1 Å². The third-order valence-corrected chi connectivity index (χ3v) is 5.49. The van der Waals surface area contributed by atoms with Gasteiger partial charge >= 0.3 is 5.97 Å². The number of anilines is 2. The number of carbonyl (C=O) groups excluding carboxylic acids is 1. The minimum atomic E-state index is -0.616. The predicted octanol–water partition coefficient (Wildman–Crippen LogP) is 4.74. The number of halogens is 3. The first-order valence-corrected chi connectivity index (χ1v) is 10.6. The molecule has 170 valence electrons. The molecule has 0 saturated carbocycles. The summed E-state index contributed by atoms with van der Waals surface area (Å²) in [5.74, 6) is 0.154. The van der Waals surface area contributed by atoms with Crippen LogP contribution in [0.4, 0.5) is 16.0 Å². The molecule has 9 nitrogen and oxygen atoms in total. The number of nitrogens with one attached hydrogen (secondary N) is 1. The van der Waals surface area contributed by atoms with E-state index in [9.17, 15) is 9.18 Å². The third kappa shape index (κ3) is 4.39. The SMILES string of the molecule is CCOC(=O)c1c(Cl)c(C)nn1-c1cc(Nc2c(Cl)c(-c3ccc(F)cc3)nn2C)ncn1. The van der Waals surface area contributed by atoms with Crippen LogP contribution < -0.4 is 5.32 Å². The summed E-state index contributed by atoms with van der Waals surface area (Å²) in [5, 5.41) is 12.3. The van der Waals surface area contributed by atoms with Crippen LogP contribution in [0, 0.1) is 12.7 Å². The van der Waals surface area contributed by atoms with Crippen molar-refractivity contribution in [1.82, 2.24) is 29.5 Å². The van der Waals surface area contributed by atoms with Gasteiger partial charge in [0.25, 0.3) is 0 Å². The summed E-state index contributed by atoms with van der Waals surface area (Å²) in [6.45, 7) is 3.56. The minimum absolute atomic E-state index is 0.0674. The lowest BCUT2D eigenvalue weighted by Crippen LogP contribution is -2.14. The minimum Gasteiger partial charge on any atom is -0.461 e. The first kappa shape index (κ1) is 22.7. The quantitative estimate of drug-likeness (QED) is 0.390. The van der Waals surface area contributed by atoms with Gasteiger partial charge in [0.2, 0.25) is 0 Å². The predicted molar refractivity (Wildman–Crippen MR) is 122 cm³/mol. The molecule has 0 fully saturated rings. The van der Waals surface area contributed by atoms with Gasteiger partial charge < -0.3 is 10.1 Å². The molecule has 0 aliphatic carbocycles. The number of carbonyl (C=O) groups is 1. The van der Waals surface area contributed by atoms with E-state index in [1.54, 1.807) is 43.8 Å². The highest BCUT2D eigenvalue weighted by atomic mass is 35.5. The number of nitrogens with zero attached hydrogens (tertiary/aromatic N) is 6. The number of hydrogen-bond donors (Lipinski definition) is 1. The summed E-state index contributed by atoms with van der Waals surface area (Å²) in [6.07, 6.45) is 1.31. The van der Waals surface area contributed by atoms with Gasteiger partial charge in [-0.15, -0.1) is 0 Å². The van der Waals surface area contributed by atoms with E-state index < -0.39 is 5.97 Å². The largest absolute Gasteiger partial charge is 0.461 e. The molecule has 0 saturated heterocycles. The van der Waals surface area contributed by atoms with Crippen LogP contribution in [0.3, 0.4) is 0 Å². The van der Waals surface area contributed by atoms with Crippen LogP contribution in [-0.4, -0.2) is 42.1 Å². The van der Waals surface area contributed by atoms with Crippen LogP contribution >= 0.6 is 23.2 Å². The Morgan fingerprint density at radius 1 is 1.15 bits per heavy atom. The Bertz CT molecular complexity index is 1340. The zero-order chi connectivity index (χ0) is 23.7. The maximum Gasteiger partial charge on any atom is 0.358 e. The normalized spacial score (nSPS) is 11.0. The Morgan fingerprint density at radius 3 is 2.58 bits per heavy atom. The number of hydrogen-bond acceptors (Lipinski definition) is 7. The highest BCUT2D eigenvalue weighted by molar-refractivity contribution is 6.35. The Morgan fingerprint density at radius 2 is 1.88 bits per heavy atom. The van der Waals surface area contributed by atoms with Crippen molar-refractivity contribution in [2.24, 2.45) is 7.05 Å². The van der Waals surface area contributed by atoms with Gasteiger partial charge in [0, 0.05) is 18.7 Å². The summed E-state index contributed by atoms with van der Waals surface area (Å²) in [4.78, 5) is 20.8. The number of aromatic nitrogens is 6. The molecule has 1 N–H and O–H groups in total. The monoisotopic (exact) mass is 489 g/mol. The molecule has 33 heavy (non-hydrogen) atoms. The van der Waals surface area contributed by atoms with E-state index in [4.69, 9.17) is 27.9 Å². The van der Waals surface area contributed by atoms with Crippen LogP contribution in [0.5, 0.6) is 0 Å². The molecule has 0 radical (unpaired) electrons. The van der Waals surface area contributed by atoms with Gasteiger partial charge in [0.15, 0.2) is 11.5 Å². The molecule has 0 bridgehead atoms. The maximum absolute atomic E-state index is 13.3. The zero-order valence-electron chi connectivity index (χ0n) is 17.8. The third-order valence-electron chi connectivity index (χ3n) is 4.68. The second kappa shape index (κ2) is 9.16. The Balaban J connectivity index is 1.69. The lowest BCUT2D eigenvalue weighted by Gasteiger charge is -2.09. The first-order chi connectivity index (χ1) is 15.8. The van der Waals surface area contributed by atoms with Gasteiger partial charge in [0.1, 0.15) is 34.5 Å². The van der Waals surface area contributed by atoms with Crippen LogP contribution in [0.15, 0.2) is 36.7 Å². The molecule has 0 spiro atoms. The molecule has 0 aliphatic heterocycles. The van der Waals surface area contributed by atoms with Gasteiger partial charge in [-0.2, -0.15) is 10.2 Å². The smallest absolute Gasteiger partial charge is 0.358 e. The summed E-state index contributed by atoms with van der Waals surface area (Å²) < 4.78 is 21.2. The fraction of sp³-hybridized carbons (Fsp3) is 0.190. The van der Waals surface area contributed by atoms with E-state index in [0.29, 0.717) is 39.4 Å². The molecule has 3 aromatic heterocycles. The lowest BCUT2D eigenvalue weighted by atomic mass is 10.1. The molecule has 4 rings (SSSR count). The van der Waals surface area contributed by atoms with Gasteiger partial charge in [0.05, 0.1) is 17.3 Å². The van der Waals surface area contributed by atoms with Crippen molar-refractivity contribution < 1.29 is 13.9 Å². The van der Waals surface area contributed by atoms with Crippen molar-refractivity contribution in [1.29, 1.82) is 0 Å². The van der Waals surface area contributed by atoms with E-state index in [0.717, 1.165) is 0 Å². The highest BCUT2D eigenvalue weighted by Crippen LogP contribution is 2.34. The summed E-state index contributed by atoms with van der Waals surface area (Å²) in [5.41, 5.74) is 1.66. The van der Waals surface area contributed by atoms with Crippen LogP contribution in [-0.2, 0) is 11.8 Å². The molecule has 4 aromatic rings. The molecule has 0 aliphatic rings. The molecule has 0 amide bonds. The van der Waals surface area contributed by atoms with E-state index in [2.05, 4.69) is 25.5 Å². The van der Waals surface area contributed by atoms with E-state index in [-0.39, 0.29) is 23.1 Å². The molecule has 0 unspecified atom stereocenters. The van der Waals surface area contributed by atoms with Crippen molar-refractivity contribution in [2.45, 2.75) is 13.8 Å². The average molecular weight is 490 g/mol. The molecular weight excluding hydrogens is 472 g/mol. The summed E-state index contributed by atoms with van der Waals surface area (Å²) in [6, 6.07) is 7.44. The molecule has 1 aromatic carbocycles. The standard InChI is InChI=1S/C21H18Cl2FN7O2/c1-4-33-21(32)19-16(22)11(2)28-31(19)15-9-14(25-10-26-15)27-20-17(23)18(29-30(20)3)12-5-7-13(24)8-6-12/h5-10H,4H2,1-3H3,(H,25,26,27). The van der Waals surface area contributed by atoms with Crippen LogP contribution in [0.25, 0.3) is 17.1 Å². The van der Waals surface area contributed by atoms with E-state index >= 15 is 0 Å². The molecule has 3 heterocycles. The number of benzene rings is 1. The highest BCUT2D eigenvalue weighted by Gasteiger charge is 2.24. The van der Waals surface area contributed by atoms with Gasteiger partial charge in [-0.1, -0.05) is 23.2 Å². The number of rotatable bonds is 6. The topological polar surface area (TPSA) is 99.8 Å². The molecule has 12 heteroatoms. The number of aryl methyl sites for hydroxylation is 2. The van der Waals surface area contributed by atoms with Crippen molar-refractivity contribution in [3.63, 3.8) is 0 Å². The van der Waals surface area contributed by atoms with Crippen LogP contribution in [0.1, 0.15) is 23.1 Å². The van der Waals surface area contributed by atoms with E-state index in [1.807, 2.05) is 0 Å². The number of esters is 1. The zero-order valence-corrected chi connectivity index (χ0v) is 19.3. The Hall–Kier alpha value is -3.50. The Labute approximate surface area is 198 Å². The molecule has 0 atom stereocenters. The first-order valence-electron chi connectivity index (χ1n) is 9.80. The lowest BCUT2D eigenvalue weighted by molar-refractivity contribution is 0.0515. The van der Waals surface area contributed by atoms with Crippen molar-refractivity contribution in [2.75, 3.05) is 11.9 Å². The molecular formula is C21H18Cl2FN7O2. The summed E-state index contributed by atoms with van der Waals surface area (Å²) in [7, 11) is 1.71. The fourth-order valence-corrected chi connectivity index (χ4v) is 3.64. The van der Waals surface area contributed by atoms with Crippen molar-refractivity contribution >= 4 is 40.8 Å². The van der Waals surface area contributed by atoms with Crippen LogP contribution in [0.2, 0.25) is 10.0 Å². The summed E-state index contributed by atoms with van der Waals surface area (Å²) >= 11 is 12.8. The van der Waals surface area contributed by atoms with Gasteiger partial charge in [-0.05, 0) is 38.1 Å². The second-order valence-electron chi connectivity index (χ2n) is 6.91. The number of ether oxygens (including phenoxy) is 1. The maximum atomic E-state index is 13.3. The van der Waals surface area contributed by atoms with Gasteiger partial charge in [-0.3, -0.25) is 4.68 Å². The van der Waals surface area contributed by atoms with Crippen molar-refractivity contribution in [3.8, 4) is 17.1 Å². The Kier molecular flexibility index (Phi) is 6.30. The average Bonchev–Trinajstić information content (AvgIpc) is 3.25. The second-order valence-corrected chi connectivity index (χ2v) is 7.66.